The van der Waals surface area contributed by atoms with Gasteiger partial charge in [0.25, 0.3) is 5.91 Å². The number of hydrogen-bond acceptors (Lipinski definition) is 5. The molecule has 0 spiro atoms. The maximum absolute atomic E-state index is 12.4. The molecule has 0 saturated carbocycles. The lowest BCUT2D eigenvalue weighted by molar-refractivity contribution is -0.155. The largest absolute Gasteiger partial charge is 0.455 e. The molecule has 0 aromatic heterocycles. The number of primary amides is 1. The molecule has 2 saturated heterocycles. The van der Waals surface area contributed by atoms with Crippen molar-refractivity contribution >= 4 is 29.4 Å². The average molecular weight is 401 g/mol. The van der Waals surface area contributed by atoms with Crippen LogP contribution < -0.4 is 10.6 Å². The Morgan fingerprint density at radius 2 is 1.76 bits per heavy atom. The SMILES string of the molecule is CCc1ccc(N2C[C@H](C(=O)OCC(=O)N3CCC(C(N)=O)CC3)CC2=O)cc1. The first-order valence-corrected chi connectivity index (χ1v) is 10.0. The highest BCUT2D eigenvalue weighted by molar-refractivity contribution is 5.99. The van der Waals surface area contributed by atoms with Crippen molar-refractivity contribution in [2.45, 2.75) is 32.6 Å². The van der Waals surface area contributed by atoms with E-state index in [0.717, 1.165) is 12.1 Å². The lowest BCUT2D eigenvalue weighted by Crippen LogP contribution is -2.43. The Hall–Kier alpha value is -2.90. The lowest BCUT2D eigenvalue weighted by Gasteiger charge is -2.30. The van der Waals surface area contributed by atoms with E-state index >= 15 is 0 Å². The van der Waals surface area contributed by atoms with Gasteiger partial charge in [0.2, 0.25) is 11.8 Å². The van der Waals surface area contributed by atoms with Crippen LogP contribution in [0.25, 0.3) is 0 Å². The van der Waals surface area contributed by atoms with E-state index in [2.05, 4.69) is 6.92 Å². The summed E-state index contributed by atoms with van der Waals surface area (Å²) in [4.78, 5) is 51.3. The van der Waals surface area contributed by atoms with Gasteiger partial charge in [-0.1, -0.05) is 19.1 Å². The molecule has 156 valence electrons. The number of amides is 3. The van der Waals surface area contributed by atoms with Gasteiger partial charge in [-0.3, -0.25) is 19.2 Å². The van der Waals surface area contributed by atoms with Crippen LogP contribution in [-0.2, 0) is 30.3 Å². The van der Waals surface area contributed by atoms with Crippen molar-refractivity contribution < 1.29 is 23.9 Å². The third-order valence-electron chi connectivity index (χ3n) is 5.70. The molecule has 3 amide bonds. The molecule has 1 aromatic rings. The van der Waals surface area contributed by atoms with Gasteiger partial charge in [-0.25, -0.2) is 0 Å². The monoisotopic (exact) mass is 401 g/mol. The van der Waals surface area contributed by atoms with Crippen molar-refractivity contribution in [1.29, 1.82) is 0 Å². The molecule has 2 fully saturated rings. The Labute approximate surface area is 170 Å². The highest BCUT2D eigenvalue weighted by Crippen LogP contribution is 2.26. The maximum atomic E-state index is 12.4. The molecule has 2 aliphatic rings. The van der Waals surface area contributed by atoms with Crippen molar-refractivity contribution in [3.8, 4) is 0 Å². The quantitative estimate of drug-likeness (QED) is 0.711. The normalized spacial score (nSPS) is 20.0. The molecule has 0 unspecified atom stereocenters. The molecule has 2 aliphatic heterocycles. The standard InChI is InChI=1S/C21H27N3O5/c1-2-14-3-5-17(6-4-14)24-12-16(11-18(24)25)21(28)29-13-19(26)23-9-7-15(8-10-23)20(22)27/h3-6,15-16H,2,7-13H2,1H3,(H2,22,27)/t16-/m1/s1. The summed E-state index contributed by atoms with van der Waals surface area (Å²) in [5.74, 6) is -2.09. The van der Waals surface area contributed by atoms with Crippen LogP contribution in [0.4, 0.5) is 5.69 Å². The summed E-state index contributed by atoms with van der Waals surface area (Å²) in [6.07, 6.45) is 2.04. The van der Waals surface area contributed by atoms with Crippen molar-refractivity contribution in [3.63, 3.8) is 0 Å². The fraction of sp³-hybridized carbons (Fsp3) is 0.524. The Morgan fingerprint density at radius 1 is 1.10 bits per heavy atom. The number of hydrogen-bond donors (Lipinski definition) is 1. The molecular weight excluding hydrogens is 374 g/mol. The van der Waals surface area contributed by atoms with E-state index in [0.29, 0.717) is 25.9 Å². The van der Waals surface area contributed by atoms with Crippen molar-refractivity contribution in [2.75, 3.05) is 31.1 Å². The predicted molar refractivity (Wildman–Crippen MR) is 106 cm³/mol. The number of aryl methyl sites for hydroxylation is 1. The number of carbonyl (C=O) groups is 4. The number of rotatable bonds is 6. The van der Waals surface area contributed by atoms with Crippen molar-refractivity contribution in [2.24, 2.45) is 17.6 Å². The summed E-state index contributed by atoms with van der Waals surface area (Å²) >= 11 is 0. The summed E-state index contributed by atoms with van der Waals surface area (Å²) in [6.45, 7) is 2.81. The van der Waals surface area contributed by atoms with Crippen LogP contribution >= 0.6 is 0 Å². The number of ether oxygens (including phenoxy) is 1. The zero-order chi connectivity index (χ0) is 21.0. The molecular formula is C21H27N3O5. The minimum Gasteiger partial charge on any atom is -0.455 e. The van der Waals surface area contributed by atoms with E-state index < -0.39 is 11.9 Å². The van der Waals surface area contributed by atoms with Crippen LogP contribution in [0, 0.1) is 11.8 Å². The van der Waals surface area contributed by atoms with Gasteiger partial charge < -0.3 is 20.3 Å². The number of esters is 1. The molecule has 2 N–H and O–H groups in total. The van der Waals surface area contributed by atoms with E-state index in [9.17, 15) is 19.2 Å². The van der Waals surface area contributed by atoms with Crippen molar-refractivity contribution in [1.82, 2.24) is 4.90 Å². The zero-order valence-corrected chi connectivity index (χ0v) is 16.6. The molecule has 0 radical (unpaired) electrons. The number of nitrogens with zero attached hydrogens (tertiary/aromatic N) is 2. The number of carbonyl (C=O) groups excluding carboxylic acids is 4. The molecule has 2 heterocycles. The summed E-state index contributed by atoms with van der Waals surface area (Å²) in [6, 6.07) is 7.69. The van der Waals surface area contributed by atoms with Crippen LogP contribution in [-0.4, -0.2) is 54.8 Å². The van der Waals surface area contributed by atoms with E-state index in [1.807, 2.05) is 24.3 Å². The topological polar surface area (TPSA) is 110 Å². The molecule has 1 aromatic carbocycles. The first-order chi connectivity index (χ1) is 13.9. The Morgan fingerprint density at radius 3 is 2.34 bits per heavy atom. The van der Waals surface area contributed by atoms with Gasteiger partial charge in [0, 0.05) is 37.7 Å². The van der Waals surface area contributed by atoms with Gasteiger partial charge >= 0.3 is 5.97 Å². The maximum Gasteiger partial charge on any atom is 0.311 e. The number of benzene rings is 1. The molecule has 29 heavy (non-hydrogen) atoms. The predicted octanol–water partition coefficient (Wildman–Crippen LogP) is 0.869. The molecule has 3 rings (SSSR count). The fourth-order valence-corrected chi connectivity index (χ4v) is 3.78. The Balaban J connectivity index is 1.48. The number of nitrogens with two attached hydrogens (primary N) is 1. The number of piperidine rings is 1. The van der Waals surface area contributed by atoms with E-state index in [1.165, 1.54) is 5.56 Å². The van der Waals surface area contributed by atoms with Gasteiger partial charge in [0.1, 0.15) is 0 Å². The second kappa shape index (κ2) is 9.07. The van der Waals surface area contributed by atoms with Gasteiger partial charge in [-0.15, -0.1) is 0 Å². The van der Waals surface area contributed by atoms with Crippen molar-refractivity contribution in [3.05, 3.63) is 29.8 Å². The molecule has 0 bridgehead atoms. The van der Waals surface area contributed by atoms with E-state index in [-0.39, 0.29) is 43.2 Å². The van der Waals surface area contributed by atoms with Crippen LogP contribution in [0.15, 0.2) is 24.3 Å². The average Bonchev–Trinajstić information content (AvgIpc) is 3.13. The van der Waals surface area contributed by atoms with Crippen LogP contribution in [0.3, 0.4) is 0 Å². The summed E-state index contributed by atoms with van der Waals surface area (Å²) < 4.78 is 5.18. The molecule has 8 heteroatoms. The van der Waals surface area contributed by atoms with Crippen LogP contribution in [0.2, 0.25) is 0 Å². The lowest BCUT2D eigenvalue weighted by atomic mass is 9.96. The zero-order valence-electron chi connectivity index (χ0n) is 16.6. The first kappa shape index (κ1) is 20.8. The minimum atomic E-state index is -0.582. The van der Waals surface area contributed by atoms with Gasteiger partial charge in [0.15, 0.2) is 6.61 Å². The third-order valence-corrected chi connectivity index (χ3v) is 5.70. The first-order valence-electron chi connectivity index (χ1n) is 10.0. The van der Waals surface area contributed by atoms with E-state index in [1.54, 1.807) is 9.80 Å². The van der Waals surface area contributed by atoms with Gasteiger partial charge in [0.05, 0.1) is 5.92 Å². The smallest absolute Gasteiger partial charge is 0.311 e. The second-order valence-electron chi connectivity index (χ2n) is 7.59. The summed E-state index contributed by atoms with van der Waals surface area (Å²) in [7, 11) is 0. The number of likely N-dealkylation sites (tertiary alicyclic amines) is 1. The molecule has 8 nitrogen and oxygen atoms in total. The third kappa shape index (κ3) is 4.93. The fourth-order valence-electron chi connectivity index (χ4n) is 3.78. The van der Waals surface area contributed by atoms with Gasteiger partial charge in [-0.05, 0) is 37.0 Å². The van der Waals surface area contributed by atoms with Crippen LogP contribution in [0.5, 0.6) is 0 Å². The summed E-state index contributed by atoms with van der Waals surface area (Å²) in [5.41, 5.74) is 7.23. The molecule has 1 atom stereocenters. The Bertz CT molecular complexity index is 784. The minimum absolute atomic E-state index is 0.0760. The van der Waals surface area contributed by atoms with Crippen LogP contribution in [0.1, 0.15) is 31.7 Å². The van der Waals surface area contributed by atoms with Gasteiger partial charge in [-0.2, -0.15) is 0 Å². The Kier molecular flexibility index (Phi) is 6.51. The highest BCUT2D eigenvalue weighted by Gasteiger charge is 2.36. The second-order valence-corrected chi connectivity index (χ2v) is 7.59. The summed E-state index contributed by atoms with van der Waals surface area (Å²) in [5, 5.41) is 0. The van der Waals surface area contributed by atoms with E-state index in [4.69, 9.17) is 10.5 Å². The number of anilines is 1. The molecule has 0 aliphatic carbocycles. The highest BCUT2D eigenvalue weighted by atomic mass is 16.5.